The van der Waals surface area contributed by atoms with E-state index in [1.54, 1.807) is 0 Å². The Morgan fingerprint density at radius 1 is 1.09 bits per heavy atom. The molecule has 3 nitrogen and oxygen atoms in total. The second-order valence-corrected chi connectivity index (χ2v) is 7.05. The Morgan fingerprint density at radius 2 is 1.82 bits per heavy atom. The molecular weight excluding hydrogens is 294 g/mol. The van der Waals surface area contributed by atoms with Gasteiger partial charge in [0.25, 0.3) is 0 Å². The minimum atomic E-state index is 0.161. The molecule has 0 saturated carbocycles. The van der Waals surface area contributed by atoms with E-state index in [1.807, 2.05) is 42.1 Å². The number of hydrogen-bond donors (Lipinski definition) is 0. The van der Waals surface area contributed by atoms with Crippen molar-refractivity contribution < 1.29 is 9.47 Å². The predicted octanol–water partition coefficient (Wildman–Crippen LogP) is 4.04. The molecule has 1 fully saturated rings. The molecule has 0 amide bonds. The number of ether oxygens (including phenoxy) is 2. The maximum Gasteiger partial charge on any atom is 0.119 e. The summed E-state index contributed by atoms with van der Waals surface area (Å²) in [6, 6.07) is 10.0. The van der Waals surface area contributed by atoms with Crippen molar-refractivity contribution >= 4 is 11.8 Å². The molecule has 2 rings (SSSR count). The Morgan fingerprint density at radius 3 is 2.50 bits per heavy atom. The van der Waals surface area contributed by atoms with E-state index in [-0.39, 0.29) is 6.10 Å². The number of rotatable bonds is 9. The fourth-order valence-electron chi connectivity index (χ4n) is 2.58. The maximum atomic E-state index is 6.14. The first-order valence-electron chi connectivity index (χ1n) is 8.48. The number of likely N-dealkylation sites (tertiary alicyclic amines) is 1. The summed E-state index contributed by atoms with van der Waals surface area (Å²) in [6.07, 6.45) is 5.50. The molecule has 124 valence electrons. The highest BCUT2D eigenvalue weighted by Crippen LogP contribution is 2.14. The molecule has 1 aromatic carbocycles. The first kappa shape index (κ1) is 17.6. The van der Waals surface area contributed by atoms with E-state index >= 15 is 0 Å². The van der Waals surface area contributed by atoms with Gasteiger partial charge in [0.1, 0.15) is 18.5 Å². The molecule has 1 aromatic rings. The van der Waals surface area contributed by atoms with E-state index < -0.39 is 0 Å². The Kier molecular flexibility index (Phi) is 8.76. The van der Waals surface area contributed by atoms with Crippen LogP contribution in [0.4, 0.5) is 0 Å². The summed E-state index contributed by atoms with van der Waals surface area (Å²) in [4.78, 5) is 2.44. The zero-order chi connectivity index (χ0) is 15.5. The molecule has 0 aliphatic carbocycles. The lowest BCUT2D eigenvalue weighted by atomic mass is 10.2. The SMILES string of the molecule is CCSCC(COc1ccccc1)OCN1CCCCCC1. The Balaban J connectivity index is 1.75. The van der Waals surface area contributed by atoms with Gasteiger partial charge in [-0.2, -0.15) is 11.8 Å². The third-order valence-corrected chi connectivity index (χ3v) is 4.89. The second kappa shape index (κ2) is 10.9. The quantitative estimate of drug-likeness (QED) is 0.684. The van der Waals surface area contributed by atoms with Gasteiger partial charge in [0.2, 0.25) is 0 Å². The molecule has 0 aromatic heterocycles. The molecule has 22 heavy (non-hydrogen) atoms. The fourth-order valence-corrected chi connectivity index (χ4v) is 3.27. The van der Waals surface area contributed by atoms with Crippen molar-refractivity contribution in [3.63, 3.8) is 0 Å². The summed E-state index contributed by atoms with van der Waals surface area (Å²) in [5.41, 5.74) is 0. The van der Waals surface area contributed by atoms with Gasteiger partial charge in [-0.05, 0) is 30.7 Å². The zero-order valence-corrected chi connectivity index (χ0v) is 14.5. The van der Waals surface area contributed by atoms with Gasteiger partial charge in [0.15, 0.2) is 0 Å². The van der Waals surface area contributed by atoms with Gasteiger partial charge in [-0.1, -0.05) is 38.0 Å². The van der Waals surface area contributed by atoms with Crippen molar-refractivity contribution in [2.24, 2.45) is 0 Å². The van der Waals surface area contributed by atoms with Gasteiger partial charge in [0, 0.05) is 18.8 Å². The molecule has 1 atom stereocenters. The molecule has 0 N–H and O–H groups in total. The van der Waals surface area contributed by atoms with Crippen molar-refractivity contribution in [3.8, 4) is 5.75 Å². The monoisotopic (exact) mass is 323 g/mol. The Hall–Kier alpha value is -0.710. The average Bonchev–Trinajstić information content (AvgIpc) is 2.84. The first-order chi connectivity index (χ1) is 10.9. The van der Waals surface area contributed by atoms with E-state index in [4.69, 9.17) is 9.47 Å². The van der Waals surface area contributed by atoms with Gasteiger partial charge in [-0.25, -0.2) is 0 Å². The lowest BCUT2D eigenvalue weighted by Crippen LogP contribution is -2.33. The van der Waals surface area contributed by atoms with Gasteiger partial charge in [0.05, 0.1) is 6.73 Å². The molecule has 0 bridgehead atoms. The summed E-state index contributed by atoms with van der Waals surface area (Å²) in [6.45, 7) is 5.91. The summed E-state index contributed by atoms with van der Waals surface area (Å²) < 4.78 is 12.0. The van der Waals surface area contributed by atoms with Crippen LogP contribution in [0.15, 0.2) is 30.3 Å². The highest BCUT2D eigenvalue weighted by Gasteiger charge is 2.14. The Labute approximate surface area is 139 Å². The Bertz CT molecular complexity index is 380. The summed E-state index contributed by atoms with van der Waals surface area (Å²) in [5.74, 6) is 3.04. The molecule has 0 radical (unpaired) electrons. The summed E-state index contributed by atoms with van der Waals surface area (Å²) in [7, 11) is 0. The molecular formula is C18H29NO2S. The van der Waals surface area contributed by atoms with Gasteiger partial charge in [-0.15, -0.1) is 0 Å². The van der Waals surface area contributed by atoms with Crippen LogP contribution in [-0.4, -0.2) is 48.9 Å². The zero-order valence-electron chi connectivity index (χ0n) is 13.7. The smallest absolute Gasteiger partial charge is 0.119 e. The summed E-state index contributed by atoms with van der Waals surface area (Å²) >= 11 is 1.92. The lowest BCUT2D eigenvalue weighted by Gasteiger charge is -2.24. The predicted molar refractivity (Wildman–Crippen MR) is 94.7 cm³/mol. The van der Waals surface area contributed by atoms with Crippen LogP contribution in [0.2, 0.25) is 0 Å². The molecule has 4 heteroatoms. The van der Waals surface area contributed by atoms with Crippen LogP contribution in [-0.2, 0) is 4.74 Å². The van der Waals surface area contributed by atoms with Crippen molar-refractivity contribution in [3.05, 3.63) is 30.3 Å². The first-order valence-corrected chi connectivity index (χ1v) is 9.63. The molecule has 1 saturated heterocycles. The van der Waals surface area contributed by atoms with Gasteiger partial charge < -0.3 is 9.47 Å². The minimum Gasteiger partial charge on any atom is -0.491 e. The van der Waals surface area contributed by atoms with E-state index in [0.29, 0.717) is 6.61 Å². The van der Waals surface area contributed by atoms with Crippen LogP contribution < -0.4 is 4.74 Å². The number of para-hydroxylation sites is 1. The van der Waals surface area contributed by atoms with Gasteiger partial charge >= 0.3 is 0 Å². The van der Waals surface area contributed by atoms with Crippen LogP contribution in [0.25, 0.3) is 0 Å². The van der Waals surface area contributed by atoms with Gasteiger partial charge in [-0.3, -0.25) is 4.90 Å². The van der Waals surface area contributed by atoms with Crippen LogP contribution in [0, 0.1) is 0 Å². The third-order valence-electron chi connectivity index (χ3n) is 3.88. The van der Waals surface area contributed by atoms with E-state index in [0.717, 1.165) is 24.0 Å². The van der Waals surface area contributed by atoms with Crippen LogP contribution >= 0.6 is 11.8 Å². The number of benzene rings is 1. The highest BCUT2D eigenvalue weighted by atomic mass is 32.2. The molecule has 0 spiro atoms. The van der Waals surface area contributed by atoms with E-state index in [2.05, 4.69) is 11.8 Å². The van der Waals surface area contributed by atoms with Crippen LogP contribution in [0.1, 0.15) is 32.6 Å². The van der Waals surface area contributed by atoms with Crippen LogP contribution in [0.3, 0.4) is 0 Å². The largest absolute Gasteiger partial charge is 0.491 e. The lowest BCUT2D eigenvalue weighted by molar-refractivity contribution is -0.0286. The number of hydrogen-bond acceptors (Lipinski definition) is 4. The maximum absolute atomic E-state index is 6.14. The van der Waals surface area contributed by atoms with Crippen molar-refractivity contribution in [1.29, 1.82) is 0 Å². The fraction of sp³-hybridized carbons (Fsp3) is 0.667. The van der Waals surface area contributed by atoms with Crippen molar-refractivity contribution in [1.82, 2.24) is 4.90 Å². The second-order valence-electron chi connectivity index (χ2n) is 5.73. The van der Waals surface area contributed by atoms with E-state index in [9.17, 15) is 0 Å². The normalized spacial score (nSPS) is 17.9. The molecule has 1 unspecified atom stereocenters. The minimum absolute atomic E-state index is 0.161. The molecule has 1 aliphatic heterocycles. The number of thioether (sulfide) groups is 1. The molecule has 1 heterocycles. The van der Waals surface area contributed by atoms with Crippen molar-refractivity contribution in [2.75, 3.05) is 37.9 Å². The summed E-state index contributed by atoms with van der Waals surface area (Å²) in [5, 5.41) is 0. The van der Waals surface area contributed by atoms with Crippen molar-refractivity contribution in [2.45, 2.75) is 38.7 Å². The topological polar surface area (TPSA) is 21.7 Å². The van der Waals surface area contributed by atoms with E-state index in [1.165, 1.54) is 38.8 Å². The van der Waals surface area contributed by atoms with Crippen LogP contribution in [0.5, 0.6) is 5.75 Å². The number of nitrogens with zero attached hydrogens (tertiary/aromatic N) is 1. The molecule has 1 aliphatic rings. The average molecular weight is 324 g/mol. The highest BCUT2D eigenvalue weighted by molar-refractivity contribution is 7.99. The third kappa shape index (κ3) is 7.03. The standard InChI is InChI=1S/C18H29NO2S/c1-2-22-15-18(14-20-17-10-6-5-7-11-17)21-16-19-12-8-3-4-9-13-19/h5-7,10-11,18H,2-4,8-9,12-16H2,1H3.